The van der Waals surface area contributed by atoms with Gasteiger partial charge < -0.3 is 14.4 Å². The molecular weight excluding hydrogens is 326 g/mol. The molecular formula is C22H41NO3. The first kappa shape index (κ1) is 21.7. The van der Waals surface area contributed by atoms with Gasteiger partial charge in [0.05, 0.1) is 17.8 Å². The minimum atomic E-state index is -0.110. The molecule has 1 heterocycles. The van der Waals surface area contributed by atoms with E-state index >= 15 is 0 Å². The number of unbranched alkanes of at least 4 members (excludes halogenated alkanes) is 1. The lowest BCUT2D eigenvalue weighted by Gasteiger charge is -2.42. The molecule has 2 rings (SSSR count). The smallest absolute Gasteiger partial charge is 0.225 e. The van der Waals surface area contributed by atoms with Crippen LogP contribution < -0.4 is 0 Å². The summed E-state index contributed by atoms with van der Waals surface area (Å²) in [5.74, 6) is 0.514. The Bertz CT molecular complexity index is 435. The van der Waals surface area contributed by atoms with Crippen molar-refractivity contribution in [2.45, 2.75) is 104 Å². The Morgan fingerprint density at radius 3 is 2.12 bits per heavy atom. The molecule has 2 aliphatic rings. The van der Waals surface area contributed by atoms with E-state index in [-0.39, 0.29) is 17.6 Å². The van der Waals surface area contributed by atoms with Crippen LogP contribution >= 0.6 is 0 Å². The number of carbonyl (C=O) groups is 1. The molecule has 152 valence electrons. The average molecular weight is 368 g/mol. The van der Waals surface area contributed by atoms with E-state index in [1.807, 2.05) is 0 Å². The van der Waals surface area contributed by atoms with Crippen LogP contribution in [0.2, 0.25) is 0 Å². The third-order valence-electron chi connectivity index (χ3n) is 5.39. The molecule has 0 aromatic carbocycles. The van der Waals surface area contributed by atoms with Crippen LogP contribution in [-0.4, -0.2) is 48.3 Å². The summed E-state index contributed by atoms with van der Waals surface area (Å²) in [6, 6.07) is 0. The first-order valence-electron chi connectivity index (χ1n) is 10.6. The highest BCUT2D eigenvalue weighted by Crippen LogP contribution is 2.35. The number of nitrogens with zero attached hydrogens (tertiary/aromatic N) is 1. The quantitative estimate of drug-likeness (QED) is 0.607. The van der Waals surface area contributed by atoms with Gasteiger partial charge in [0.25, 0.3) is 0 Å². The highest BCUT2D eigenvalue weighted by molar-refractivity contribution is 5.80. The Hall–Kier alpha value is -0.610. The highest BCUT2D eigenvalue weighted by Gasteiger charge is 2.39. The fourth-order valence-electron chi connectivity index (χ4n) is 3.87. The average Bonchev–Trinajstić information content (AvgIpc) is 2.48. The van der Waals surface area contributed by atoms with Crippen molar-refractivity contribution in [3.63, 3.8) is 0 Å². The number of hydrogen-bond acceptors (Lipinski definition) is 3. The summed E-state index contributed by atoms with van der Waals surface area (Å²) in [6.45, 7) is 15.7. The number of carbonyl (C=O) groups excluding carboxylic acids is 1. The lowest BCUT2D eigenvalue weighted by molar-refractivity contribution is -0.155. The van der Waals surface area contributed by atoms with E-state index in [0.29, 0.717) is 17.4 Å². The zero-order valence-electron chi connectivity index (χ0n) is 18.0. The van der Waals surface area contributed by atoms with Gasteiger partial charge in [0.1, 0.15) is 0 Å². The molecule has 1 aliphatic heterocycles. The third kappa shape index (κ3) is 7.56. The summed E-state index contributed by atoms with van der Waals surface area (Å²) in [5.41, 5.74) is 0.311. The molecule has 0 bridgehead atoms. The van der Waals surface area contributed by atoms with Crippen LogP contribution in [0.3, 0.4) is 0 Å². The lowest BCUT2D eigenvalue weighted by atomic mass is 9.80. The number of ether oxygens (including phenoxy) is 2. The zero-order valence-corrected chi connectivity index (χ0v) is 18.0. The summed E-state index contributed by atoms with van der Waals surface area (Å²) >= 11 is 0. The topological polar surface area (TPSA) is 38.8 Å². The molecule has 0 unspecified atom stereocenters. The molecule has 1 saturated carbocycles. The molecule has 0 atom stereocenters. The first-order chi connectivity index (χ1) is 12.0. The van der Waals surface area contributed by atoms with Gasteiger partial charge in [-0.05, 0) is 64.7 Å². The van der Waals surface area contributed by atoms with Gasteiger partial charge >= 0.3 is 0 Å². The number of hydrogen-bond donors (Lipinski definition) is 0. The predicted molar refractivity (Wildman–Crippen MR) is 106 cm³/mol. The Morgan fingerprint density at radius 2 is 1.58 bits per heavy atom. The van der Waals surface area contributed by atoms with E-state index in [0.717, 1.165) is 51.8 Å². The van der Waals surface area contributed by atoms with Crippen molar-refractivity contribution >= 4 is 5.91 Å². The van der Waals surface area contributed by atoms with E-state index in [1.165, 1.54) is 12.8 Å². The van der Waals surface area contributed by atoms with Gasteiger partial charge in [-0.2, -0.15) is 0 Å². The van der Waals surface area contributed by atoms with Crippen molar-refractivity contribution in [1.82, 2.24) is 4.90 Å². The second-order valence-corrected chi connectivity index (χ2v) is 10.4. The van der Waals surface area contributed by atoms with Gasteiger partial charge in [-0.3, -0.25) is 4.79 Å². The van der Waals surface area contributed by atoms with Crippen LogP contribution in [0.1, 0.15) is 86.5 Å². The van der Waals surface area contributed by atoms with Gasteiger partial charge in [-0.15, -0.1) is 0 Å². The van der Waals surface area contributed by atoms with Crippen LogP contribution in [0.4, 0.5) is 0 Å². The molecule has 26 heavy (non-hydrogen) atoms. The first-order valence-corrected chi connectivity index (χ1v) is 10.6. The van der Waals surface area contributed by atoms with Gasteiger partial charge in [0, 0.05) is 25.6 Å². The molecule has 0 N–H and O–H groups in total. The second-order valence-electron chi connectivity index (χ2n) is 10.4. The SMILES string of the molecule is CC(C)(C)CCCCOC1CCN(C(=O)C2CC(OC(C)(C)C)C2)CC1. The van der Waals surface area contributed by atoms with Crippen LogP contribution in [0.25, 0.3) is 0 Å². The van der Waals surface area contributed by atoms with E-state index in [2.05, 4.69) is 46.4 Å². The summed E-state index contributed by atoms with van der Waals surface area (Å²) in [4.78, 5) is 14.7. The number of rotatable bonds is 7. The van der Waals surface area contributed by atoms with Gasteiger partial charge in [0.2, 0.25) is 5.91 Å². The van der Waals surface area contributed by atoms with Crippen molar-refractivity contribution in [2.75, 3.05) is 19.7 Å². The Kier molecular flexibility index (Phi) is 7.55. The van der Waals surface area contributed by atoms with Crippen LogP contribution in [0.15, 0.2) is 0 Å². The molecule has 0 radical (unpaired) electrons. The maximum Gasteiger partial charge on any atom is 0.225 e. The fourth-order valence-corrected chi connectivity index (χ4v) is 3.87. The Morgan fingerprint density at radius 1 is 0.962 bits per heavy atom. The standard InChI is InChI=1S/C22H41NO3/c1-21(2,3)11-7-8-14-25-18-9-12-23(13-10-18)20(24)17-15-19(16-17)26-22(4,5)6/h17-19H,7-16H2,1-6H3. The predicted octanol–water partition coefficient (Wildman–Crippen LogP) is 4.80. The molecule has 0 aromatic rings. The summed E-state index contributed by atoms with van der Waals surface area (Å²) in [7, 11) is 0. The molecule has 1 aliphatic carbocycles. The van der Waals surface area contributed by atoms with Crippen LogP contribution in [-0.2, 0) is 14.3 Å². The number of amides is 1. The van der Waals surface area contributed by atoms with Gasteiger partial charge in [0.15, 0.2) is 0 Å². The monoisotopic (exact) mass is 367 g/mol. The van der Waals surface area contributed by atoms with Crippen LogP contribution in [0, 0.1) is 11.3 Å². The number of likely N-dealkylation sites (tertiary alicyclic amines) is 1. The molecule has 2 fully saturated rings. The van der Waals surface area contributed by atoms with Crippen molar-refractivity contribution in [3.8, 4) is 0 Å². The molecule has 1 saturated heterocycles. The van der Waals surface area contributed by atoms with E-state index in [9.17, 15) is 4.79 Å². The molecule has 0 aromatic heterocycles. The minimum Gasteiger partial charge on any atom is -0.378 e. The number of piperidine rings is 1. The van der Waals surface area contributed by atoms with Gasteiger partial charge in [-0.25, -0.2) is 0 Å². The minimum absolute atomic E-state index is 0.110. The van der Waals surface area contributed by atoms with Gasteiger partial charge in [-0.1, -0.05) is 27.2 Å². The van der Waals surface area contributed by atoms with Crippen LogP contribution in [0.5, 0.6) is 0 Å². The molecule has 0 spiro atoms. The van der Waals surface area contributed by atoms with E-state index in [4.69, 9.17) is 9.47 Å². The lowest BCUT2D eigenvalue weighted by Crippen LogP contribution is -2.49. The summed E-state index contributed by atoms with van der Waals surface area (Å²) < 4.78 is 12.0. The van der Waals surface area contributed by atoms with Crippen molar-refractivity contribution in [2.24, 2.45) is 11.3 Å². The largest absolute Gasteiger partial charge is 0.378 e. The Balaban J connectivity index is 1.56. The summed E-state index contributed by atoms with van der Waals surface area (Å²) in [5, 5.41) is 0. The molecule has 4 nitrogen and oxygen atoms in total. The van der Waals surface area contributed by atoms with Crippen molar-refractivity contribution in [1.29, 1.82) is 0 Å². The third-order valence-corrected chi connectivity index (χ3v) is 5.39. The Labute approximate surface area is 161 Å². The molecule has 4 heteroatoms. The maximum atomic E-state index is 12.6. The summed E-state index contributed by atoms with van der Waals surface area (Å²) in [6.07, 6.45) is 7.99. The normalized spacial score (nSPS) is 25.2. The second kappa shape index (κ2) is 9.05. The maximum absolute atomic E-state index is 12.6. The van der Waals surface area contributed by atoms with E-state index < -0.39 is 0 Å². The van der Waals surface area contributed by atoms with Crippen molar-refractivity contribution < 1.29 is 14.3 Å². The van der Waals surface area contributed by atoms with E-state index in [1.54, 1.807) is 0 Å². The fraction of sp³-hybridized carbons (Fsp3) is 0.955. The molecule has 1 amide bonds. The highest BCUT2D eigenvalue weighted by atomic mass is 16.5. The van der Waals surface area contributed by atoms with Crippen molar-refractivity contribution in [3.05, 3.63) is 0 Å². The zero-order chi connectivity index (χ0) is 19.4.